The third kappa shape index (κ3) is 3.42. The van der Waals surface area contributed by atoms with Gasteiger partial charge in [0.2, 0.25) is 0 Å². The van der Waals surface area contributed by atoms with Gasteiger partial charge in [0.25, 0.3) is 5.56 Å². The lowest BCUT2D eigenvalue weighted by Gasteiger charge is -2.26. The molecule has 0 spiro atoms. The van der Waals surface area contributed by atoms with Crippen molar-refractivity contribution in [3.8, 4) is 33.4 Å². The molecule has 0 unspecified atom stereocenters. The Balaban J connectivity index is 1.51. The van der Waals surface area contributed by atoms with Crippen LogP contribution in [0.3, 0.4) is 0 Å². The number of hydrogen-bond donors (Lipinski definition) is 0. The number of thiophene rings is 1. The van der Waals surface area contributed by atoms with Crippen LogP contribution < -0.4 is 15.0 Å². The lowest BCUT2D eigenvalue weighted by Crippen LogP contribution is -2.37. The summed E-state index contributed by atoms with van der Waals surface area (Å²) in [6, 6.07) is 14.7. The van der Waals surface area contributed by atoms with Crippen LogP contribution in [0.4, 0.5) is 0 Å². The Morgan fingerprint density at radius 1 is 1.17 bits per heavy atom. The summed E-state index contributed by atoms with van der Waals surface area (Å²) in [6.45, 7) is 2.47. The fraction of sp³-hybridized carbons (Fsp3) is 0.190. The van der Waals surface area contributed by atoms with Crippen molar-refractivity contribution in [2.24, 2.45) is 0 Å². The first-order valence-electron chi connectivity index (χ1n) is 9.15. The Morgan fingerprint density at radius 2 is 2.03 bits per heavy atom. The van der Waals surface area contributed by atoms with E-state index in [2.05, 4.69) is 10.3 Å². The topological polar surface area (TPSA) is 79.4 Å². The zero-order valence-electron chi connectivity index (χ0n) is 15.6. The van der Waals surface area contributed by atoms with Gasteiger partial charge in [0, 0.05) is 12.1 Å². The molecule has 29 heavy (non-hydrogen) atoms. The average molecular weight is 407 g/mol. The summed E-state index contributed by atoms with van der Waals surface area (Å²) >= 11 is 1.55. The SMILES string of the molecule is Cc1cc(-c2cc(=O)n(C[C@H]3COc4ccccc4O3)nc2-c2cccs2)on1. The molecule has 8 heteroatoms. The minimum absolute atomic E-state index is 0.239. The number of aryl methyl sites for hydroxylation is 1. The molecule has 4 aromatic rings. The van der Waals surface area contributed by atoms with Crippen LogP contribution in [-0.4, -0.2) is 27.6 Å². The van der Waals surface area contributed by atoms with Crippen LogP contribution in [-0.2, 0) is 6.54 Å². The van der Waals surface area contributed by atoms with Gasteiger partial charge in [0.15, 0.2) is 23.4 Å². The van der Waals surface area contributed by atoms with Gasteiger partial charge in [0.1, 0.15) is 12.3 Å². The number of ether oxygens (including phenoxy) is 2. The zero-order chi connectivity index (χ0) is 19.8. The van der Waals surface area contributed by atoms with Gasteiger partial charge in [0.05, 0.1) is 22.7 Å². The summed E-state index contributed by atoms with van der Waals surface area (Å²) in [7, 11) is 0. The van der Waals surface area contributed by atoms with Crippen molar-refractivity contribution in [1.82, 2.24) is 14.9 Å². The van der Waals surface area contributed by atoms with Crippen molar-refractivity contribution < 1.29 is 14.0 Å². The van der Waals surface area contributed by atoms with E-state index in [0.717, 1.165) is 10.6 Å². The molecule has 146 valence electrons. The number of hydrogen-bond acceptors (Lipinski definition) is 7. The van der Waals surface area contributed by atoms with E-state index in [-0.39, 0.29) is 18.2 Å². The molecule has 0 amide bonds. The quantitative estimate of drug-likeness (QED) is 0.512. The number of benzene rings is 1. The van der Waals surface area contributed by atoms with Gasteiger partial charge < -0.3 is 14.0 Å². The number of aromatic nitrogens is 3. The van der Waals surface area contributed by atoms with Crippen LogP contribution >= 0.6 is 11.3 Å². The maximum atomic E-state index is 12.8. The molecule has 5 rings (SSSR count). The zero-order valence-corrected chi connectivity index (χ0v) is 16.4. The average Bonchev–Trinajstić information content (AvgIpc) is 3.41. The van der Waals surface area contributed by atoms with Gasteiger partial charge >= 0.3 is 0 Å². The highest BCUT2D eigenvalue weighted by Gasteiger charge is 2.23. The summed E-state index contributed by atoms with van der Waals surface area (Å²) in [4.78, 5) is 13.7. The van der Waals surface area contributed by atoms with E-state index in [1.165, 1.54) is 4.68 Å². The molecule has 1 aromatic carbocycles. The number of rotatable bonds is 4. The standard InChI is InChI=1S/C21H17N3O4S/c1-13-9-18(28-23-13)15-10-20(25)24(22-21(15)19-7-4-8-29-19)11-14-12-26-16-5-2-3-6-17(16)27-14/h2-10,14H,11-12H2,1H3/t14-/m0/s1. The maximum Gasteiger partial charge on any atom is 0.267 e. The Kier molecular flexibility index (Phi) is 4.40. The Morgan fingerprint density at radius 3 is 2.79 bits per heavy atom. The smallest absolute Gasteiger partial charge is 0.267 e. The van der Waals surface area contributed by atoms with Crippen LogP contribution in [0.5, 0.6) is 11.5 Å². The van der Waals surface area contributed by atoms with Gasteiger partial charge in [-0.1, -0.05) is 23.4 Å². The normalized spacial score (nSPS) is 15.4. The summed E-state index contributed by atoms with van der Waals surface area (Å²) in [5, 5.41) is 10.5. The molecule has 1 aliphatic rings. The van der Waals surface area contributed by atoms with Crippen molar-refractivity contribution in [3.63, 3.8) is 0 Å². The van der Waals surface area contributed by atoms with Gasteiger partial charge in [-0.15, -0.1) is 11.3 Å². The number of nitrogens with zero attached hydrogens (tertiary/aromatic N) is 3. The van der Waals surface area contributed by atoms with Crippen molar-refractivity contribution in [1.29, 1.82) is 0 Å². The van der Waals surface area contributed by atoms with Crippen molar-refractivity contribution in [2.45, 2.75) is 19.6 Å². The first kappa shape index (κ1) is 17.7. The van der Waals surface area contributed by atoms with Gasteiger partial charge in [-0.25, -0.2) is 4.68 Å². The predicted octanol–water partition coefficient (Wildman–Crippen LogP) is 3.78. The van der Waals surface area contributed by atoms with Crippen molar-refractivity contribution in [2.75, 3.05) is 6.61 Å². The Labute approximate surface area is 170 Å². The van der Waals surface area contributed by atoms with E-state index in [1.807, 2.05) is 48.7 Å². The summed E-state index contributed by atoms with van der Waals surface area (Å²) in [5.41, 5.74) is 1.80. The lowest BCUT2D eigenvalue weighted by atomic mass is 10.1. The molecule has 0 bridgehead atoms. The molecule has 0 aliphatic carbocycles. The molecule has 3 aromatic heterocycles. The summed E-state index contributed by atoms with van der Waals surface area (Å²) in [6.07, 6.45) is -0.315. The summed E-state index contributed by atoms with van der Waals surface area (Å²) in [5.74, 6) is 1.90. The van der Waals surface area contributed by atoms with Crippen molar-refractivity contribution in [3.05, 3.63) is 70.0 Å². The predicted molar refractivity (Wildman–Crippen MR) is 108 cm³/mol. The molecule has 4 heterocycles. The van der Waals surface area contributed by atoms with Gasteiger partial charge in [-0.2, -0.15) is 5.10 Å². The summed E-state index contributed by atoms with van der Waals surface area (Å²) < 4.78 is 18.6. The number of para-hydroxylation sites is 2. The van der Waals surface area contributed by atoms with Gasteiger partial charge in [-0.05, 0) is 30.5 Å². The highest BCUT2D eigenvalue weighted by molar-refractivity contribution is 7.13. The minimum Gasteiger partial charge on any atom is -0.486 e. The second-order valence-corrected chi connectivity index (χ2v) is 7.68. The van der Waals surface area contributed by atoms with E-state index in [9.17, 15) is 4.79 Å². The first-order chi connectivity index (χ1) is 14.2. The van der Waals surface area contributed by atoms with Crippen molar-refractivity contribution >= 4 is 11.3 Å². The second kappa shape index (κ2) is 7.21. The fourth-order valence-electron chi connectivity index (χ4n) is 3.24. The third-order valence-corrected chi connectivity index (χ3v) is 5.47. The highest BCUT2D eigenvalue weighted by Crippen LogP contribution is 2.33. The molecular formula is C21H17N3O4S. The number of fused-ring (bicyclic) bond motifs is 1. The Hall–Kier alpha value is -3.39. The molecule has 0 N–H and O–H groups in total. The van der Waals surface area contributed by atoms with Crippen LogP contribution in [0.25, 0.3) is 21.9 Å². The maximum absolute atomic E-state index is 12.8. The molecule has 0 saturated carbocycles. The fourth-order valence-corrected chi connectivity index (χ4v) is 3.96. The third-order valence-electron chi connectivity index (χ3n) is 4.59. The molecule has 0 fully saturated rings. The van der Waals surface area contributed by atoms with Crippen LogP contribution in [0, 0.1) is 6.92 Å². The largest absolute Gasteiger partial charge is 0.486 e. The van der Waals surface area contributed by atoms with E-state index < -0.39 is 0 Å². The lowest BCUT2D eigenvalue weighted by molar-refractivity contribution is 0.0748. The van der Waals surface area contributed by atoms with Crippen LogP contribution in [0.2, 0.25) is 0 Å². The van der Waals surface area contributed by atoms with E-state index in [4.69, 9.17) is 14.0 Å². The van der Waals surface area contributed by atoms with E-state index in [0.29, 0.717) is 35.1 Å². The second-order valence-electron chi connectivity index (χ2n) is 6.73. The molecule has 0 radical (unpaired) electrons. The van der Waals surface area contributed by atoms with Gasteiger partial charge in [-0.3, -0.25) is 4.79 Å². The molecular weight excluding hydrogens is 390 g/mol. The first-order valence-corrected chi connectivity index (χ1v) is 10.0. The van der Waals surface area contributed by atoms with E-state index in [1.54, 1.807) is 23.5 Å². The van der Waals surface area contributed by atoms with Crippen LogP contribution in [0.1, 0.15) is 5.69 Å². The molecule has 7 nitrogen and oxygen atoms in total. The van der Waals surface area contributed by atoms with Crippen LogP contribution in [0.15, 0.2) is 63.2 Å². The monoisotopic (exact) mass is 407 g/mol. The minimum atomic E-state index is -0.315. The highest BCUT2D eigenvalue weighted by atomic mass is 32.1. The molecule has 0 saturated heterocycles. The van der Waals surface area contributed by atoms with E-state index >= 15 is 0 Å². The molecule has 1 aliphatic heterocycles. The molecule has 1 atom stereocenters. The Bertz CT molecular complexity index is 1210.